The molecular weight excluding hydrogens is 704 g/mol. The maximum Gasteiger partial charge on any atom is 0.238 e. The zero-order valence-corrected chi connectivity index (χ0v) is 29.3. The Labute approximate surface area is 296 Å². The quantitative estimate of drug-likeness (QED) is 0.120. The van der Waals surface area contributed by atoms with Gasteiger partial charge in [0.2, 0.25) is 17.6 Å². The van der Waals surface area contributed by atoms with Gasteiger partial charge in [-0.3, -0.25) is 24.1 Å². The second-order valence-corrected chi connectivity index (χ2v) is 13.7. The molecule has 254 valence electrons. The fraction of sp³-hybridized carbons (Fsp3) is 0.263. The van der Waals surface area contributed by atoms with Gasteiger partial charge < -0.3 is 19.5 Å². The number of azo groups is 1. The summed E-state index contributed by atoms with van der Waals surface area (Å²) in [7, 11) is 6.73. The Kier molecular flexibility index (Phi) is 8.51. The summed E-state index contributed by atoms with van der Waals surface area (Å²) in [6.45, 7) is 0. The molecule has 1 aliphatic heterocycles. The maximum absolute atomic E-state index is 14.3. The van der Waals surface area contributed by atoms with Crippen molar-refractivity contribution in [1.29, 1.82) is 0 Å². The van der Waals surface area contributed by atoms with Gasteiger partial charge in [0.25, 0.3) is 0 Å². The van der Waals surface area contributed by atoms with Crippen LogP contribution < -0.4 is 19.3 Å². The summed E-state index contributed by atoms with van der Waals surface area (Å²) in [5.41, 5.74) is 4.63. The molecule has 4 atom stereocenters. The molecule has 3 aliphatic carbocycles. The van der Waals surface area contributed by atoms with Gasteiger partial charge in [-0.15, -0.1) is 0 Å². The van der Waals surface area contributed by atoms with Crippen LogP contribution in [0.3, 0.4) is 0 Å². The average molecular weight is 738 g/mol. The van der Waals surface area contributed by atoms with Crippen LogP contribution in [0.2, 0.25) is 0 Å². The van der Waals surface area contributed by atoms with Crippen LogP contribution in [0.25, 0.3) is 0 Å². The van der Waals surface area contributed by atoms with E-state index >= 15 is 0 Å². The number of nitrogens with zero attached hydrogens (tertiary/aromatic N) is 4. The van der Waals surface area contributed by atoms with E-state index in [4.69, 9.17) is 9.47 Å². The number of carbonyl (C=O) groups is 4. The van der Waals surface area contributed by atoms with E-state index in [1.807, 2.05) is 49.3 Å². The van der Waals surface area contributed by atoms with Gasteiger partial charge in [0, 0.05) is 42.9 Å². The number of anilines is 2. The molecule has 12 heteroatoms. The summed E-state index contributed by atoms with van der Waals surface area (Å²) in [4.78, 5) is 58.6. The van der Waals surface area contributed by atoms with Gasteiger partial charge in [-0.05, 0) is 101 Å². The normalized spacial score (nSPS) is 23.0. The molecule has 50 heavy (non-hydrogen) atoms. The minimum absolute atomic E-state index is 0.125. The second-order valence-electron chi connectivity index (χ2n) is 12.8. The van der Waals surface area contributed by atoms with E-state index in [1.165, 1.54) is 25.2 Å². The number of hydrogen-bond acceptors (Lipinski definition) is 10. The summed E-state index contributed by atoms with van der Waals surface area (Å²) in [6, 6.07) is 17.6. The maximum atomic E-state index is 14.3. The topological polar surface area (TPSA) is 138 Å². The summed E-state index contributed by atoms with van der Waals surface area (Å²) < 4.78 is 11.0. The van der Waals surface area contributed by atoms with Gasteiger partial charge in [-0.25, -0.2) is 0 Å². The first-order valence-electron chi connectivity index (χ1n) is 16.0. The number of methoxy groups -OCH3 is 2. The van der Waals surface area contributed by atoms with Crippen molar-refractivity contribution in [1.82, 2.24) is 0 Å². The summed E-state index contributed by atoms with van der Waals surface area (Å²) in [5, 5.41) is 19.3. The van der Waals surface area contributed by atoms with E-state index in [-0.39, 0.29) is 58.0 Å². The molecular formula is C38H33BrN4O7. The number of Topliss-reactive ketones (excluding diaryl/α,β-unsaturated/α-hetero) is 1. The highest BCUT2D eigenvalue weighted by Crippen LogP contribution is 2.56. The molecule has 0 spiro atoms. The fourth-order valence-electron chi connectivity index (χ4n) is 7.52. The number of ether oxygens (including phenoxy) is 2. The summed E-state index contributed by atoms with van der Waals surface area (Å²) in [6.07, 6.45) is 3.61. The zero-order valence-electron chi connectivity index (χ0n) is 27.7. The zero-order chi connectivity index (χ0) is 35.4. The van der Waals surface area contributed by atoms with Crippen LogP contribution in [0, 0.1) is 17.8 Å². The monoisotopic (exact) mass is 736 g/mol. The molecule has 3 aromatic carbocycles. The molecule has 1 saturated heterocycles. The standard InChI is InChI=1S/C38H33BrN4O7/c1-42(2)22-9-5-20(6-10-22)40-41-21-7-11-23(12-8-21)43-37(47)25-14-13-24-26(33(25)38(43)48)17-27-34(29(44)18-28(39)35(27)45)32(24)19-15-30(49-3)36(46)31(16-19)50-4/h5-13,15-16,18,25-26,32-33,46H,14,17H2,1-4H3. The first kappa shape index (κ1) is 33.2. The smallest absolute Gasteiger partial charge is 0.238 e. The van der Waals surface area contributed by atoms with Crippen LogP contribution in [0.4, 0.5) is 22.7 Å². The molecule has 0 radical (unpaired) electrons. The summed E-state index contributed by atoms with van der Waals surface area (Å²) >= 11 is 3.25. The number of carbonyl (C=O) groups excluding carboxylic acids is 4. The van der Waals surface area contributed by atoms with E-state index in [0.29, 0.717) is 33.8 Å². The number of ketones is 2. The highest BCUT2D eigenvalue weighted by Gasteiger charge is 2.56. The molecule has 0 bridgehead atoms. The molecule has 2 amide bonds. The van der Waals surface area contributed by atoms with E-state index in [1.54, 1.807) is 36.4 Å². The van der Waals surface area contributed by atoms with E-state index in [9.17, 15) is 24.3 Å². The van der Waals surface area contributed by atoms with Gasteiger partial charge in [-0.2, -0.15) is 10.2 Å². The third-order valence-corrected chi connectivity index (χ3v) is 10.5. The molecule has 11 nitrogen and oxygen atoms in total. The minimum Gasteiger partial charge on any atom is -0.502 e. The highest BCUT2D eigenvalue weighted by molar-refractivity contribution is 9.12. The molecule has 4 unspecified atom stereocenters. The SMILES string of the molecule is COc1cc(C2C3=CCC4C(=O)N(c5ccc(N=Nc6ccc(N(C)C)cc6)cc5)C(=O)C4C3CC3=C2C(=O)C=C(Br)C3=O)cc(OC)c1O. The van der Waals surface area contributed by atoms with Crippen molar-refractivity contribution in [3.05, 3.63) is 99.6 Å². The fourth-order valence-corrected chi connectivity index (χ4v) is 7.97. The van der Waals surface area contributed by atoms with Gasteiger partial charge in [-0.1, -0.05) is 11.6 Å². The lowest BCUT2D eigenvalue weighted by molar-refractivity contribution is -0.123. The van der Waals surface area contributed by atoms with E-state index in [2.05, 4.69) is 26.2 Å². The van der Waals surface area contributed by atoms with E-state index < -0.39 is 23.7 Å². The molecule has 0 saturated carbocycles. The molecule has 1 heterocycles. The van der Waals surface area contributed by atoms with Gasteiger partial charge in [0.05, 0.1) is 47.6 Å². The number of phenols is 1. The Balaban J connectivity index is 1.22. The van der Waals surface area contributed by atoms with Crippen LogP contribution in [0.5, 0.6) is 17.2 Å². The number of benzene rings is 3. The van der Waals surface area contributed by atoms with Gasteiger partial charge in [0.1, 0.15) is 0 Å². The number of phenolic OH excluding ortho intramolecular Hbond substituents is 1. The van der Waals surface area contributed by atoms with Gasteiger partial charge >= 0.3 is 0 Å². The molecule has 1 N–H and O–H groups in total. The highest BCUT2D eigenvalue weighted by atomic mass is 79.9. The Morgan fingerprint density at radius 1 is 0.860 bits per heavy atom. The number of allylic oxidation sites excluding steroid dienone is 6. The third kappa shape index (κ3) is 5.43. The third-order valence-electron chi connectivity index (χ3n) is 9.92. The number of imide groups is 1. The molecule has 4 aliphatic rings. The molecule has 3 aromatic rings. The average Bonchev–Trinajstić information content (AvgIpc) is 3.38. The number of aromatic hydroxyl groups is 1. The van der Waals surface area contributed by atoms with E-state index in [0.717, 1.165) is 11.3 Å². The van der Waals surface area contributed by atoms with Crippen LogP contribution in [0.1, 0.15) is 24.3 Å². The lowest BCUT2D eigenvalue weighted by Gasteiger charge is -2.42. The lowest BCUT2D eigenvalue weighted by Crippen LogP contribution is -2.39. The van der Waals surface area contributed by atoms with Crippen molar-refractivity contribution < 1.29 is 33.8 Å². The number of rotatable bonds is 7. The number of fused-ring (bicyclic) bond motifs is 3. The van der Waals surface area contributed by atoms with Crippen molar-refractivity contribution in [2.75, 3.05) is 38.1 Å². The van der Waals surface area contributed by atoms with Crippen LogP contribution >= 0.6 is 15.9 Å². The first-order chi connectivity index (χ1) is 24.0. The number of amides is 2. The number of halogens is 1. The summed E-state index contributed by atoms with van der Waals surface area (Å²) in [5.74, 6) is -3.95. The van der Waals surface area contributed by atoms with Crippen molar-refractivity contribution in [2.45, 2.75) is 18.8 Å². The van der Waals surface area contributed by atoms with Crippen molar-refractivity contribution in [3.8, 4) is 17.2 Å². The molecule has 1 fully saturated rings. The van der Waals surface area contributed by atoms with Crippen molar-refractivity contribution in [2.24, 2.45) is 28.0 Å². The molecule has 0 aromatic heterocycles. The predicted octanol–water partition coefficient (Wildman–Crippen LogP) is 6.86. The Hall–Kier alpha value is -5.36. The molecule has 7 rings (SSSR count). The Bertz CT molecular complexity index is 2060. The van der Waals surface area contributed by atoms with Gasteiger partial charge in [0.15, 0.2) is 23.1 Å². The van der Waals surface area contributed by atoms with Crippen molar-refractivity contribution >= 4 is 62.1 Å². The predicted molar refractivity (Wildman–Crippen MR) is 190 cm³/mol. The van der Waals surface area contributed by atoms with Crippen LogP contribution in [-0.4, -0.2) is 56.8 Å². The minimum atomic E-state index is -0.753. The Morgan fingerprint density at radius 2 is 1.46 bits per heavy atom. The van der Waals surface area contributed by atoms with Crippen LogP contribution in [-0.2, 0) is 19.2 Å². The largest absolute Gasteiger partial charge is 0.502 e. The van der Waals surface area contributed by atoms with Crippen LogP contribution in [0.15, 0.2) is 104 Å². The van der Waals surface area contributed by atoms with Crippen molar-refractivity contribution in [3.63, 3.8) is 0 Å². The lowest BCUT2D eigenvalue weighted by atomic mass is 9.59. The first-order valence-corrected chi connectivity index (χ1v) is 16.8. The number of hydrogen-bond donors (Lipinski definition) is 1. The second kappa shape index (κ2) is 12.8. The Morgan fingerprint density at radius 3 is 2.04 bits per heavy atom.